The third-order valence-electron chi connectivity index (χ3n) is 6.36. The molecule has 3 aromatic rings. The summed E-state index contributed by atoms with van der Waals surface area (Å²) in [6, 6.07) is 15.9. The first-order valence-electron chi connectivity index (χ1n) is 11.0. The Balaban J connectivity index is 0.000000179. The molecule has 2 aliphatic rings. The summed E-state index contributed by atoms with van der Waals surface area (Å²) in [5.41, 5.74) is 9.65. The summed E-state index contributed by atoms with van der Waals surface area (Å²) in [5.74, 6) is -3.69. The Morgan fingerprint density at radius 1 is 1.03 bits per heavy atom. The van der Waals surface area contributed by atoms with Crippen molar-refractivity contribution in [2.24, 2.45) is 0 Å². The number of halogens is 4. The number of nitrogens with zero attached hydrogens (tertiary/aromatic N) is 2. The fourth-order valence-electron chi connectivity index (χ4n) is 4.69. The van der Waals surface area contributed by atoms with Crippen LogP contribution >= 0.6 is 0 Å². The molecule has 0 radical (unpaired) electrons. The Kier molecular flexibility index (Phi) is 6.51. The minimum absolute atomic E-state index is 0.221. The van der Waals surface area contributed by atoms with Crippen LogP contribution in [0.4, 0.5) is 23.2 Å². The molecule has 178 valence electrons. The third-order valence-corrected chi connectivity index (χ3v) is 6.36. The van der Waals surface area contributed by atoms with Gasteiger partial charge in [-0.1, -0.05) is 24.3 Å². The minimum Gasteiger partial charge on any atom is -0.398 e. The average Bonchev–Trinajstić information content (AvgIpc) is 3.07. The van der Waals surface area contributed by atoms with Gasteiger partial charge in [-0.2, -0.15) is 10.5 Å². The molecule has 0 heterocycles. The number of nitrogen functional groups attached to an aromatic ring is 1. The fraction of sp³-hybridized carbons (Fsp3) is 0.259. The molecule has 8 heteroatoms. The van der Waals surface area contributed by atoms with E-state index in [0.29, 0.717) is 51.9 Å². The molecular weight excluding hydrogens is 458 g/mol. The van der Waals surface area contributed by atoms with Crippen LogP contribution in [-0.2, 0) is 12.8 Å². The van der Waals surface area contributed by atoms with Crippen molar-refractivity contribution in [1.29, 1.82) is 10.5 Å². The van der Waals surface area contributed by atoms with Gasteiger partial charge in [-0.3, -0.25) is 0 Å². The van der Waals surface area contributed by atoms with E-state index >= 15 is 0 Å². The van der Waals surface area contributed by atoms with Crippen LogP contribution in [0.15, 0.2) is 48.5 Å². The van der Waals surface area contributed by atoms with E-state index in [-0.39, 0.29) is 11.1 Å². The van der Waals surface area contributed by atoms with Crippen LogP contribution in [0.3, 0.4) is 0 Å². The van der Waals surface area contributed by atoms with Crippen molar-refractivity contribution >= 4 is 5.69 Å². The fourth-order valence-corrected chi connectivity index (χ4v) is 4.69. The highest BCUT2D eigenvalue weighted by Crippen LogP contribution is 2.47. The maximum atomic E-state index is 13.7. The maximum Gasteiger partial charge on any atom is 0.281 e. The number of hydrogen-bond acceptors (Lipinski definition) is 4. The highest BCUT2D eigenvalue weighted by Gasteiger charge is 2.47. The van der Waals surface area contributed by atoms with Gasteiger partial charge in [-0.25, -0.2) is 17.6 Å². The molecule has 0 amide bonds. The summed E-state index contributed by atoms with van der Waals surface area (Å²) in [6.45, 7) is 0. The number of hydrogen-bond donors (Lipinski definition) is 2. The lowest BCUT2D eigenvalue weighted by Crippen LogP contribution is -2.21. The number of fused-ring (bicyclic) bond motifs is 2. The van der Waals surface area contributed by atoms with Crippen molar-refractivity contribution in [3.05, 3.63) is 87.7 Å². The summed E-state index contributed by atoms with van der Waals surface area (Å²) in [7, 11) is 0. The largest absolute Gasteiger partial charge is 0.398 e. The summed E-state index contributed by atoms with van der Waals surface area (Å²) in [5, 5.41) is 27.5. The lowest BCUT2D eigenvalue weighted by atomic mass is 9.87. The van der Waals surface area contributed by atoms with Gasteiger partial charge in [0.1, 0.15) is 18.1 Å². The van der Waals surface area contributed by atoms with Crippen LogP contribution in [0, 0.1) is 28.5 Å². The van der Waals surface area contributed by atoms with Gasteiger partial charge in [-0.15, -0.1) is 0 Å². The average molecular weight is 479 g/mol. The zero-order chi connectivity index (χ0) is 25.3. The highest BCUT2D eigenvalue weighted by molar-refractivity contribution is 5.81. The molecule has 5 rings (SSSR count). The standard InChI is InChI=1S/C16H12F2N2O.C11H9F2N/c17-16(18)7-10-2-1-3-12(14(10)15(16)21)11-5-4-9(8-19)6-13(11)20;12-8-4-7(6-14)9-2-1-3-11(13)10(9)5-8/h1-6,15,21H,7,20H2;4-5,11H,1-3H2. The number of benzene rings is 3. The smallest absolute Gasteiger partial charge is 0.281 e. The highest BCUT2D eigenvalue weighted by atomic mass is 19.3. The van der Waals surface area contributed by atoms with Gasteiger partial charge in [0.05, 0.1) is 23.3 Å². The van der Waals surface area contributed by atoms with Gasteiger partial charge in [-0.05, 0) is 71.3 Å². The van der Waals surface area contributed by atoms with Crippen molar-refractivity contribution in [2.75, 3.05) is 5.73 Å². The monoisotopic (exact) mass is 479 g/mol. The Hall–Kier alpha value is -3.88. The van der Waals surface area contributed by atoms with Gasteiger partial charge in [0, 0.05) is 17.7 Å². The Morgan fingerprint density at radius 2 is 1.80 bits per heavy atom. The molecule has 0 aromatic heterocycles. The van der Waals surface area contributed by atoms with E-state index in [1.807, 2.05) is 12.1 Å². The first kappa shape index (κ1) is 24.3. The molecule has 35 heavy (non-hydrogen) atoms. The van der Waals surface area contributed by atoms with E-state index in [1.54, 1.807) is 30.3 Å². The van der Waals surface area contributed by atoms with E-state index in [4.69, 9.17) is 16.3 Å². The number of alkyl halides is 3. The van der Waals surface area contributed by atoms with E-state index in [0.717, 1.165) is 6.42 Å². The van der Waals surface area contributed by atoms with Crippen molar-refractivity contribution in [2.45, 2.75) is 43.9 Å². The second-order valence-electron chi connectivity index (χ2n) is 8.63. The molecule has 2 aliphatic carbocycles. The van der Waals surface area contributed by atoms with E-state index in [1.165, 1.54) is 18.2 Å². The molecule has 3 aromatic carbocycles. The van der Waals surface area contributed by atoms with Gasteiger partial charge in [0.25, 0.3) is 5.92 Å². The van der Waals surface area contributed by atoms with Crippen molar-refractivity contribution in [3.63, 3.8) is 0 Å². The molecule has 0 saturated heterocycles. The van der Waals surface area contributed by atoms with Gasteiger partial charge >= 0.3 is 0 Å². The predicted octanol–water partition coefficient (Wildman–Crippen LogP) is 6.08. The number of nitriles is 2. The van der Waals surface area contributed by atoms with E-state index < -0.39 is 30.4 Å². The molecule has 2 unspecified atom stereocenters. The molecule has 0 fully saturated rings. The van der Waals surface area contributed by atoms with E-state index in [9.17, 15) is 22.7 Å². The summed E-state index contributed by atoms with van der Waals surface area (Å²) >= 11 is 0. The van der Waals surface area contributed by atoms with Crippen LogP contribution in [-0.4, -0.2) is 11.0 Å². The van der Waals surface area contributed by atoms with Crippen molar-refractivity contribution in [3.8, 4) is 23.3 Å². The number of aliphatic hydroxyl groups excluding tert-OH is 1. The zero-order valence-electron chi connectivity index (χ0n) is 18.5. The first-order valence-corrected chi connectivity index (χ1v) is 11.0. The topological polar surface area (TPSA) is 93.8 Å². The quantitative estimate of drug-likeness (QED) is 0.327. The third kappa shape index (κ3) is 4.58. The van der Waals surface area contributed by atoms with E-state index in [2.05, 4.69) is 0 Å². The van der Waals surface area contributed by atoms with Gasteiger partial charge < -0.3 is 10.8 Å². The maximum absolute atomic E-state index is 13.7. The van der Waals surface area contributed by atoms with Crippen LogP contribution < -0.4 is 5.73 Å². The number of anilines is 1. The Labute approximate surface area is 199 Å². The molecular formula is C27H21F4N3O. The SMILES string of the molecule is N#Cc1cc(F)cc2c1CCCC2F.N#Cc1ccc(-c2cccc3c2C(O)C(F)(F)C3)c(N)c1. The van der Waals surface area contributed by atoms with Crippen LogP contribution in [0.1, 0.15) is 58.5 Å². The second kappa shape index (κ2) is 9.40. The van der Waals surface area contributed by atoms with Crippen LogP contribution in [0.25, 0.3) is 11.1 Å². The molecule has 3 N–H and O–H groups in total. The number of rotatable bonds is 1. The van der Waals surface area contributed by atoms with Gasteiger partial charge in [0.2, 0.25) is 0 Å². The number of nitrogens with two attached hydrogens (primary N) is 1. The normalized spacial score (nSPS) is 19.4. The van der Waals surface area contributed by atoms with Crippen molar-refractivity contribution in [1.82, 2.24) is 0 Å². The Morgan fingerprint density at radius 3 is 2.49 bits per heavy atom. The molecule has 0 spiro atoms. The molecule has 0 bridgehead atoms. The predicted molar refractivity (Wildman–Crippen MR) is 123 cm³/mol. The van der Waals surface area contributed by atoms with Crippen LogP contribution in [0.2, 0.25) is 0 Å². The first-order chi connectivity index (χ1) is 16.7. The van der Waals surface area contributed by atoms with Crippen molar-refractivity contribution < 1.29 is 22.7 Å². The molecule has 2 atom stereocenters. The molecule has 0 saturated carbocycles. The van der Waals surface area contributed by atoms with Gasteiger partial charge in [0.15, 0.2) is 0 Å². The number of aliphatic hydroxyl groups is 1. The molecule has 0 aliphatic heterocycles. The lowest BCUT2D eigenvalue weighted by molar-refractivity contribution is -0.0966. The zero-order valence-corrected chi connectivity index (χ0v) is 18.5. The lowest BCUT2D eigenvalue weighted by Gasteiger charge is -2.20. The summed E-state index contributed by atoms with van der Waals surface area (Å²) < 4.78 is 53.8. The minimum atomic E-state index is -3.17. The van der Waals surface area contributed by atoms with Crippen LogP contribution in [0.5, 0.6) is 0 Å². The second-order valence-corrected chi connectivity index (χ2v) is 8.63. The summed E-state index contributed by atoms with van der Waals surface area (Å²) in [4.78, 5) is 0. The molecule has 4 nitrogen and oxygen atoms in total. The Bertz CT molecular complexity index is 1370. The summed E-state index contributed by atoms with van der Waals surface area (Å²) in [6.07, 6.45) is -1.58.